The molecule has 3 aliphatic heterocycles. The molecule has 1 atom stereocenters. The summed E-state index contributed by atoms with van der Waals surface area (Å²) in [4.78, 5) is 77.9. The van der Waals surface area contributed by atoms with Gasteiger partial charge in [-0.05, 0) is 67.1 Å². The smallest absolute Gasteiger partial charge is 0.255 e. The molecule has 69 heavy (non-hydrogen) atoms. The minimum atomic E-state index is -0.756. The number of carbonyl (C=O) groups excluding carboxylic acids is 5. The average molecular weight is 980 g/mol. The van der Waals surface area contributed by atoms with Gasteiger partial charge in [-0.2, -0.15) is 0 Å². The van der Waals surface area contributed by atoms with Crippen molar-refractivity contribution < 1.29 is 37.5 Å². The van der Waals surface area contributed by atoms with Crippen LogP contribution in [0.4, 0.5) is 26.1 Å². The van der Waals surface area contributed by atoms with Crippen molar-refractivity contribution in [2.75, 3.05) is 36.9 Å². The fourth-order valence-electron chi connectivity index (χ4n) is 8.07. The number of ether oxygens (including phenoxy) is 1. The lowest BCUT2D eigenvalue weighted by molar-refractivity contribution is -0.137. The molecule has 5 amide bonds. The molecule has 0 bridgehead atoms. The standard InChI is InChI=1S/C47H41ClF2N12O6.ClH/c48-28-9-12-31-33(19-28)43(41-35(49)4-2-5-36(41)50)52-20-27-21-54-47(58-42(27)31)55-29-10-7-26(8-11-29)44(65)53-22-30-23-61(60-59-30)17-15-51-16-18-68-25-40(64)56-37-6-1-3-32-34(37)24-62(46(32)67)38-13-14-39(63)57-45(38)66;/h1-12,19,21,23,38,51H,13-18,20,22,24-25H2,(H,53,65)(H,56,64)(H,54,55,58)(H,57,63,66);1H. The molecule has 4 aromatic carbocycles. The van der Waals surface area contributed by atoms with E-state index in [-0.39, 0.29) is 93.0 Å². The summed E-state index contributed by atoms with van der Waals surface area (Å²) in [5.74, 6) is -3.15. The van der Waals surface area contributed by atoms with Crippen LogP contribution in [0.15, 0.2) is 96.2 Å². The molecule has 18 nitrogen and oxygen atoms in total. The van der Waals surface area contributed by atoms with E-state index in [1.165, 1.54) is 23.1 Å². The van der Waals surface area contributed by atoms with Gasteiger partial charge in [0, 0.05) is 82.0 Å². The lowest BCUT2D eigenvalue weighted by atomic mass is 9.95. The first-order chi connectivity index (χ1) is 33.0. The third-order valence-corrected chi connectivity index (χ3v) is 11.6. The van der Waals surface area contributed by atoms with Crippen LogP contribution >= 0.6 is 24.0 Å². The number of amides is 5. The minimum Gasteiger partial charge on any atom is -0.370 e. The first-order valence-electron chi connectivity index (χ1n) is 21.5. The third-order valence-electron chi connectivity index (χ3n) is 11.4. The summed E-state index contributed by atoms with van der Waals surface area (Å²) < 4.78 is 37.1. The number of imide groups is 1. The maximum atomic E-state index is 14.9. The summed E-state index contributed by atoms with van der Waals surface area (Å²) in [6.45, 7) is 1.87. The van der Waals surface area contributed by atoms with Gasteiger partial charge in [0.05, 0.1) is 49.4 Å². The van der Waals surface area contributed by atoms with Crippen LogP contribution in [0.2, 0.25) is 5.02 Å². The average Bonchev–Trinajstić information content (AvgIpc) is 3.89. The van der Waals surface area contributed by atoms with Gasteiger partial charge in [-0.3, -0.25) is 39.0 Å². The Hall–Kier alpha value is -7.52. The number of anilines is 3. The zero-order chi connectivity index (χ0) is 47.3. The lowest BCUT2D eigenvalue weighted by Crippen LogP contribution is -2.52. The molecule has 2 aromatic heterocycles. The van der Waals surface area contributed by atoms with E-state index < -0.39 is 29.5 Å². The second kappa shape index (κ2) is 21.2. The number of rotatable bonds is 16. The highest BCUT2D eigenvalue weighted by molar-refractivity contribution is 6.31. The van der Waals surface area contributed by atoms with Gasteiger partial charge in [-0.1, -0.05) is 35.0 Å². The van der Waals surface area contributed by atoms with Crippen molar-refractivity contribution in [3.8, 4) is 11.3 Å². The number of nitrogens with zero attached hydrogens (tertiary/aromatic N) is 7. The summed E-state index contributed by atoms with van der Waals surface area (Å²) in [5.41, 5.74) is 5.09. The number of hydrogen-bond acceptors (Lipinski definition) is 13. The number of aliphatic imine (C=N–C) groups is 1. The molecule has 5 heterocycles. The van der Waals surface area contributed by atoms with Crippen molar-refractivity contribution in [1.29, 1.82) is 0 Å². The topological polar surface area (TPSA) is 227 Å². The number of carbonyl (C=O) groups is 5. The SMILES string of the molecule is Cl.O=C1CCC(N2Cc3c(NC(=O)COCCNCCn4cc(CNC(=O)c5ccc(Nc6ncc7c(n6)-c6ccc(Cl)cc6C(c6c(F)cccc6F)=NC7)cc5)nn4)cccc3C2=O)C(=O)N1. The molecule has 1 fully saturated rings. The first-order valence-corrected chi connectivity index (χ1v) is 21.9. The Morgan fingerprint density at radius 2 is 1.74 bits per heavy atom. The number of halogens is 4. The Balaban J connectivity index is 0.00000642. The zero-order valence-corrected chi connectivity index (χ0v) is 38.0. The monoisotopic (exact) mass is 978 g/mol. The van der Waals surface area contributed by atoms with Gasteiger partial charge in [0.1, 0.15) is 30.0 Å². The van der Waals surface area contributed by atoms with Crippen molar-refractivity contribution in [3.63, 3.8) is 0 Å². The van der Waals surface area contributed by atoms with Crippen molar-refractivity contribution in [2.24, 2.45) is 4.99 Å². The van der Waals surface area contributed by atoms with Gasteiger partial charge in [0.25, 0.3) is 11.8 Å². The van der Waals surface area contributed by atoms with E-state index in [2.05, 4.69) is 46.9 Å². The lowest BCUT2D eigenvalue weighted by Gasteiger charge is -2.29. The number of fused-ring (bicyclic) bond motifs is 4. The van der Waals surface area contributed by atoms with E-state index in [1.807, 2.05) is 0 Å². The Morgan fingerprint density at radius 1 is 0.942 bits per heavy atom. The number of hydrogen-bond donors (Lipinski definition) is 5. The number of aromatic nitrogens is 5. The van der Waals surface area contributed by atoms with Crippen LogP contribution < -0.4 is 26.6 Å². The number of benzene rings is 4. The van der Waals surface area contributed by atoms with Gasteiger partial charge >= 0.3 is 0 Å². The minimum absolute atomic E-state index is 0. The van der Waals surface area contributed by atoms with Crippen LogP contribution in [-0.2, 0) is 45.3 Å². The number of piperidine rings is 1. The molecule has 0 spiro atoms. The van der Waals surface area contributed by atoms with Crippen LogP contribution in [0.1, 0.15) is 61.5 Å². The highest BCUT2D eigenvalue weighted by Crippen LogP contribution is 2.35. The normalized spacial score (nSPS) is 14.9. The Morgan fingerprint density at radius 3 is 2.54 bits per heavy atom. The predicted octanol–water partition coefficient (Wildman–Crippen LogP) is 5.12. The second-order valence-electron chi connectivity index (χ2n) is 16.0. The summed E-state index contributed by atoms with van der Waals surface area (Å²) in [5, 5.41) is 22.9. The fraction of sp³-hybridized carbons (Fsp3) is 0.234. The molecule has 6 aromatic rings. The summed E-state index contributed by atoms with van der Waals surface area (Å²) in [6, 6.07) is 19.6. The molecule has 0 saturated carbocycles. The van der Waals surface area contributed by atoms with Crippen LogP contribution in [0.5, 0.6) is 0 Å². The van der Waals surface area contributed by atoms with E-state index in [9.17, 15) is 32.8 Å². The molecule has 5 N–H and O–H groups in total. The van der Waals surface area contributed by atoms with E-state index in [4.69, 9.17) is 21.3 Å². The fourth-order valence-corrected chi connectivity index (χ4v) is 8.25. The molecule has 0 aliphatic carbocycles. The van der Waals surface area contributed by atoms with E-state index in [0.717, 1.165) is 0 Å². The van der Waals surface area contributed by atoms with Gasteiger partial charge < -0.3 is 30.9 Å². The zero-order valence-electron chi connectivity index (χ0n) is 36.4. The maximum Gasteiger partial charge on any atom is 0.255 e. The van der Waals surface area contributed by atoms with E-state index in [1.54, 1.807) is 77.7 Å². The summed E-state index contributed by atoms with van der Waals surface area (Å²) in [6.07, 6.45) is 3.73. The van der Waals surface area contributed by atoms with Gasteiger partial charge in [-0.25, -0.2) is 18.7 Å². The van der Waals surface area contributed by atoms with E-state index >= 15 is 0 Å². The van der Waals surface area contributed by atoms with Crippen molar-refractivity contribution >= 4 is 76.6 Å². The van der Waals surface area contributed by atoms with Crippen molar-refractivity contribution in [2.45, 2.75) is 45.1 Å². The highest BCUT2D eigenvalue weighted by atomic mass is 35.5. The number of nitrogens with one attached hydrogen (secondary N) is 5. The molecule has 22 heteroatoms. The third kappa shape index (κ3) is 10.8. The van der Waals surface area contributed by atoms with Crippen LogP contribution in [-0.4, -0.2) is 97.5 Å². The summed E-state index contributed by atoms with van der Waals surface area (Å²) >= 11 is 6.35. The van der Waals surface area contributed by atoms with Gasteiger partial charge in [-0.15, -0.1) is 17.5 Å². The molecule has 1 saturated heterocycles. The second-order valence-corrected chi connectivity index (χ2v) is 16.4. The van der Waals surface area contributed by atoms with Gasteiger partial charge in [0.2, 0.25) is 23.7 Å². The Labute approximate surface area is 403 Å². The van der Waals surface area contributed by atoms with Crippen LogP contribution in [0.3, 0.4) is 0 Å². The molecule has 3 aliphatic rings. The largest absolute Gasteiger partial charge is 0.370 e. The predicted molar refractivity (Wildman–Crippen MR) is 251 cm³/mol. The summed E-state index contributed by atoms with van der Waals surface area (Å²) in [7, 11) is 0. The van der Waals surface area contributed by atoms with Crippen molar-refractivity contribution in [3.05, 3.63) is 147 Å². The first kappa shape index (κ1) is 48.0. The van der Waals surface area contributed by atoms with Gasteiger partial charge in [0.15, 0.2) is 0 Å². The van der Waals surface area contributed by atoms with E-state index in [0.29, 0.717) is 80.8 Å². The van der Waals surface area contributed by atoms with Crippen LogP contribution in [0, 0.1) is 11.6 Å². The van der Waals surface area contributed by atoms with Crippen molar-refractivity contribution in [1.82, 2.24) is 45.8 Å². The maximum absolute atomic E-state index is 14.9. The molecular weight excluding hydrogens is 937 g/mol. The highest BCUT2D eigenvalue weighted by Gasteiger charge is 2.40. The molecule has 0 radical (unpaired) electrons. The molecule has 9 rings (SSSR count). The quantitative estimate of drug-likeness (QED) is 0.0630. The molecule has 354 valence electrons. The molecule has 1 unspecified atom stereocenters. The Bertz CT molecular complexity index is 2990. The molecular formula is C47H42Cl2F2N12O6. The Kier molecular flexibility index (Phi) is 14.7. The van der Waals surface area contributed by atoms with Crippen LogP contribution in [0.25, 0.3) is 11.3 Å².